The molecule has 10 nitrogen and oxygen atoms in total. The van der Waals surface area contributed by atoms with Gasteiger partial charge in [0.25, 0.3) is 0 Å². The standard InChI is InChI=1S/C26H28N6O4S/c1-18-16-25(29-21-6-8-22(35-3)9-7-21)30-26(27-18)31-12-14-32(15-13-31)37(33,34)23-10-4-20(5-11-23)24-17-36-19(2)28-24/h4-11,16-17H,12-15H2,1-3H3,(H,27,29,30). The third-order valence-electron chi connectivity index (χ3n) is 6.13. The van der Waals surface area contributed by atoms with E-state index in [1.54, 1.807) is 44.6 Å². The summed E-state index contributed by atoms with van der Waals surface area (Å²) in [4.78, 5) is 15.8. The van der Waals surface area contributed by atoms with E-state index < -0.39 is 10.0 Å². The molecule has 5 rings (SSSR count). The predicted molar refractivity (Wildman–Crippen MR) is 141 cm³/mol. The van der Waals surface area contributed by atoms with Crippen molar-refractivity contribution < 1.29 is 17.6 Å². The summed E-state index contributed by atoms with van der Waals surface area (Å²) in [6.07, 6.45) is 1.56. The second-order valence-electron chi connectivity index (χ2n) is 8.72. The monoisotopic (exact) mass is 520 g/mol. The molecule has 0 atom stereocenters. The van der Waals surface area contributed by atoms with Gasteiger partial charge in [0.2, 0.25) is 16.0 Å². The summed E-state index contributed by atoms with van der Waals surface area (Å²) in [5.74, 6) is 2.58. The predicted octanol–water partition coefficient (Wildman–Crippen LogP) is 4.01. The highest BCUT2D eigenvalue weighted by Gasteiger charge is 2.29. The molecule has 1 aliphatic heterocycles. The van der Waals surface area contributed by atoms with Crippen molar-refractivity contribution in [3.63, 3.8) is 0 Å². The maximum atomic E-state index is 13.3. The van der Waals surface area contributed by atoms with Crippen LogP contribution in [0.4, 0.5) is 17.5 Å². The fraction of sp³-hybridized carbons (Fsp3) is 0.269. The van der Waals surface area contributed by atoms with E-state index in [-0.39, 0.29) is 4.90 Å². The number of rotatable bonds is 7. The van der Waals surface area contributed by atoms with Crippen molar-refractivity contribution in [3.8, 4) is 17.0 Å². The third-order valence-corrected chi connectivity index (χ3v) is 8.05. The smallest absolute Gasteiger partial charge is 0.243 e. The van der Waals surface area contributed by atoms with Crippen LogP contribution in [0.5, 0.6) is 5.75 Å². The lowest BCUT2D eigenvalue weighted by atomic mass is 10.2. The van der Waals surface area contributed by atoms with Crippen LogP contribution in [0.15, 0.2) is 70.2 Å². The number of hydrogen-bond acceptors (Lipinski definition) is 9. The lowest BCUT2D eigenvalue weighted by Crippen LogP contribution is -2.49. The number of methoxy groups -OCH3 is 1. The number of ether oxygens (including phenoxy) is 1. The molecule has 1 N–H and O–H groups in total. The molecular formula is C26H28N6O4S. The van der Waals surface area contributed by atoms with Crippen molar-refractivity contribution in [2.75, 3.05) is 43.5 Å². The Morgan fingerprint density at radius 1 is 0.919 bits per heavy atom. The Labute approximate surface area is 216 Å². The van der Waals surface area contributed by atoms with E-state index in [0.29, 0.717) is 49.5 Å². The van der Waals surface area contributed by atoms with Crippen LogP contribution in [-0.2, 0) is 10.0 Å². The minimum atomic E-state index is -3.62. The average Bonchev–Trinajstić information content (AvgIpc) is 3.35. The molecule has 4 aromatic rings. The molecule has 0 saturated carbocycles. The number of sulfonamides is 1. The Balaban J connectivity index is 1.25. The lowest BCUT2D eigenvalue weighted by molar-refractivity contribution is 0.382. The van der Waals surface area contributed by atoms with E-state index in [9.17, 15) is 8.42 Å². The summed E-state index contributed by atoms with van der Waals surface area (Å²) in [5, 5.41) is 3.30. The van der Waals surface area contributed by atoms with Crippen molar-refractivity contribution in [2.45, 2.75) is 18.7 Å². The molecule has 0 aliphatic carbocycles. The zero-order valence-electron chi connectivity index (χ0n) is 20.9. The average molecular weight is 521 g/mol. The van der Waals surface area contributed by atoms with Gasteiger partial charge in [0.1, 0.15) is 23.5 Å². The Morgan fingerprint density at radius 3 is 2.24 bits per heavy atom. The summed E-state index contributed by atoms with van der Waals surface area (Å²) in [5.41, 5.74) is 3.18. The Morgan fingerprint density at radius 2 is 1.62 bits per heavy atom. The second kappa shape index (κ2) is 10.2. The zero-order chi connectivity index (χ0) is 26.0. The number of oxazole rings is 1. The first-order valence-electron chi connectivity index (χ1n) is 11.9. The first-order valence-corrected chi connectivity index (χ1v) is 13.3. The fourth-order valence-electron chi connectivity index (χ4n) is 4.15. The summed E-state index contributed by atoms with van der Waals surface area (Å²) < 4.78 is 38.5. The topological polar surface area (TPSA) is 114 Å². The highest BCUT2D eigenvalue weighted by Crippen LogP contribution is 2.25. The van der Waals surface area contributed by atoms with Crippen LogP contribution >= 0.6 is 0 Å². The first kappa shape index (κ1) is 24.7. The molecule has 192 valence electrons. The minimum absolute atomic E-state index is 0.253. The quantitative estimate of drug-likeness (QED) is 0.386. The van der Waals surface area contributed by atoms with Crippen molar-refractivity contribution in [1.29, 1.82) is 0 Å². The SMILES string of the molecule is COc1ccc(Nc2cc(C)nc(N3CCN(S(=O)(=O)c4ccc(-c5coc(C)n5)cc4)CC3)n2)cc1. The summed E-state index contributed by atoms with van der Waals surface area (Å²) in [7, 11) is -2.00. The van der Waals surface area contributed by atoms with E-state index in [2.05, 4.69) is 20.3 Å². The molecule has 11 heteroatoms. The van der Waals surface area contributed by atoms with Crippen LogP contribution in [0.25, 0.3) is 11.3 Å². The van der Waals surface area contributed by atoms with Crippen LogP contribution < -0.4 is 15.0 Å². The van der Waals surface area contributed by atoms with Gasteiger partial charge in [-0.05, 0) is 43.3 Å². The largest absolute Gasteiger partial charge is 0.497 e. The van der Waals surface area contributed by atoms with Crippen LogP contribution in [0.2, 0.25) is 0 Å². The van der Waals surface area contributed by atoms with Gasteiger partial charge in [-0.15, -0.1) is 0 Å². The molecule has 2 aromatic carbocycles. The van der Waals surface area contributed by atoms with Gasteiger partial charge in [-0.1, -0.05) is 12.1 Å². The van der Waals surface area contributed by atoms with Crippen LogP contribution in [0.1, 0.15) is 11.6 Å². The molecule has 1 aliphatic rings. The normalized spacial score (nSPS) is 14.5. The number of nitrogens with one attached hydrogen (secondary N) is 1. The molecule has 0 radical (unpaired) electrons. The molecule has 0 spiro atoms. The number of nitrogens with zero attached hydrogens (tertiary/aromatic N) is 5. The summed E-state index contributed by atoms with van der Waals surface area (Å²) in [6, 6.07) is 16.2. The van der Waals surface area contributed by atoms with Gasteiger partial charge in [-0.2, -0.15) is 9.29 Å². The Kier molecular flexibility index (Phi) is 6.81. The van der Waals surface area contributed by atoms with Gasteiger partial charge < -0.3 is 19.4 Å². The molecule has 37 heavy (non-hydrogen) atoms. The van der Waals surface area contributed by atoms with Crippen LogP contribution in [0.3, 0.4) is 0 Å². The number of benzene rings is 2. The number of aryl methyl sites for hydroxylation is 2. The van der Waals surface area contributed by atoms with Crippen molar-refractivity contribution in [1.82, 2.24) is 19.3 Å². The van der Waals surface area contributed by atoms with E-state index in [4.69, 9.17) is 9.15 Å². The molecule has 0 bridgehead atoms. The fourth-order valence-corrected chi connectivity index (χ4v) is 5.57. The van der Waals surface area contributed by atoms with Gasteiger partial charge in [-0.25, -0.2) is 18.4 Å². The van der Waals surface area contributed by atoms with E-state index in [0.717, 1.165) is 22.7 Å². The molecular weight excluding hydrogens is 492 g/mol. The zero-order valence-corrected chi connectivity index (χ0v) is 21.7. The molecule has 0 amide bonds. The van der Waals surface area contributed by atoms with E-state index >= 15 is 0 Å². The number of anilines is 3. The highest BCUT2D eigenvalue weighted by atomic mass is 32.2. The van der Waals surface area contributed by atoms with Crippen LogP contribution in [-0.4, -0.2) is 61.0 Å². The van der Waals surface area contributed by atoms with Crippen molar-refractivity contribution in [3.05, 3.63) is 72.4 Å². The van der Waals surface area contributed by atoms with Crippen molar-refractivity contribution >= 4 is 27.5 Å². The Hall–Kier alpha value is -3.96. The third kappa shape index (κ3) is 5.42. The molecule has 1 fully saturated rings. The second-order valence-corrected chi connectivity index (χ2v) is 10.7. The summed E-state index contributed by atoms with van der Waals surface area (Å²) in [6.45, 7) is 5.33. The summed E-state index contributed by atoms with van der Waals surface area (Å²) >= 11 is 0. The molecule has 1 saturated heterocycles. The maximum Gasteiger partial charge on any atom is 0.243 e. The lowest BCUT2D eigenvalue weighted by Gasteiger charge is -2.34. The Bertz CT molecular complexity index is 1480. The van der Waals surface area contributed by atoms with Gasteiger partial charge in [0.05, 0.1) is 12.0 Å². The number of hydrogen-bond donors (Lipinski definition) is 1. The van der Waals surface area contributed by atoms with Crippen molar-refractivity contribution in [2.24, 2.45) is 0 Å². The first-order chi connectivity index (χ1) is 17.8. The maximum absolute atomic E-state index is 13.3. The highest BCUT2D eigenvalue weighted by molar-refractivity contribution is 7.89. The van der Waals surface area contributed by atoms with Gasteiger partial charge in [0, 0.05) is 56.1 Å². The van der Waals surface area contributed by atoms with Gasteiger partial charge >= 0.3 is 0 Å². The van der Waals surface area contributed by atoms with Crippen LogP contribution in [0, 0.1) is 13.8 Å². The number of aromatic nitrogens is 3. The minimum Gasteiger partial charge on any atom is -0.497 e. The molecule has 3 heterocycles. The molecule has 2 aromatic heterocycles. The van der Waals surface area contributed by atoms with Gasteiger partial charge in [-0.3, -0.25) is 0 Å². The number of piperazine rings is 1. The van der Waals surface area contributed by atoms with E-state index in [1.807, 2.05) is 42.2 Å². The van der Waals surface area contributed by atoms with E-state index in [1.165, 1.54) is 4.31 Å². The molecule has 0 unspecified atom stereocenters. The van der Waals surface area contributed by atoms with Gasteiger partial charge in [0.15, 0.2) is 5.89 Å².